The SMILES string of the molecule is CCOc1ccc(S(=O)(=O)N(CC(=O)N(Cc2ccccc2F)C(C)C(=O)NCC(C)C)c2ccc(F)cc2)cc1. The Balaban J connectivity index is 2.01. The molecule has 0 fully saturated rings. The Labute approximate surface area is 240 Å². The van der Waals surface area contributed by atoms with Crippen molar-refractivity contribution in [2.45, 2.75) is 45.2 Å². The molecule has 1 N–H and O–H groups in total. The lowest BCUT2D eigenvalue weighted by molar-refractivity contribution is -0.139. The molecule has 0 radical (unpaired) electrons. The lowest BCUT2D eigenvalue weighted by Crippen LogP contribution is -2.51. The smallest absolute Gasteiger partial charge is 0.264 e. The van der Waals surface area contributed by atoms with Gasteiger partial charge < -0.3 is 15.0 Å². The van der Waals surface area contributed by atoms with E-state index in [4.69, 9.17) is 4.74 Å². The van der Waals surface area contributed by atoms with E-state index in [1.165, 1.54) is 61.5 Å². The molecule has 0 aliphatic rings. The minimum atomic E-state index is -4.34. The monoisotopic (exact) mass is 587 g/mol. The molecule has 41 heavy (non-hydrogen) atoms. The van der Waals surface area contributed by atoms with Gasteiger partial charge in [-0.05, 0) is 74.4 Å². The molecule has 1 unspecified atom stereocenters. The van der Waals surface area contributed by atoms with Crippen LogP contribution in [0.5, 0.6) is 5.75 Å². The van der Waals surface area contributed by atoms with E-state index >= 15 is 0 Å². The van der Waals surface area contributed by atoms with Gasteiger partial charge in [-0.3, -0.25) is 13.9 Å². The summed E-state index contributed by atoms with van der Waals surface area (Å²) in [4.78, 5) is 27.8. The number of benzene rings is 3. The molecular weight excluding hydrogens is 552 g/mol. The number of carbonyl (C=O) groups excluding carboxylic acids is 2. The van der Waals surface area contributed by atoms with Crippen LogP contribution >= 0.6 is 0 Å². The molecular formula is C30H35F2N3O5S. The summed E-state index contributed by atoms with van der Waals surface area (Å²) < 4.78 is 62.2. The summed E-state index contributed by atoms with van der Waals surface area (Å²) >= 11 is 0. The number of rotatable bonds is 13. The molecule has 3 rings (SSSR count). The average molecular weight is 588 g/mol. The Morgan fingerprint density at radius 3 is 2.15 bits per heavy atom. The van der Waals surface area contributed by atoms with Crippen LogP contribution in [-0.4, -0.2) is 50.9 Å². The van der Waals surface area contributed by atoms with Gasteiger partial charge in [0.2, 0.25) is 11.8 Å². The number of halogens is 2. The highest BCUT2D eigenvalue weighted by Gasteiger charge is 2.33. The second kappa shape index (κ2) is 14.1. The van der Waals surface area contributed by atoms with Gasteiger partial charge in [0.1, 0.15) is 30.0 Å². The average Bonchev–Trinajstić information content (AvgIpc) is 2.94. The van der Waals surface area contributed by atoms with E-state index in [0.29, 0.717) is 18.9 Å². The Morgan fingerprint density at radius 2 is 1.56 bits per heavy atom. The lowest BCUT2D eigenvalue weighted by Gasteiger charge is -2.32. The third kappa shape index (κ3) is 8.26. The molecule has 0 aliphatic carbocycles. The Kier molecular flexibility index (Phi) is 10.8. The number of amides is 2. The third-order valence-electron chi connectivity index (χ3n) is 6.27. The van der Waals surface area contributed by atoms with Crippen LogP contribution in [0.25, 0.3) is 0 Å². The number of nitrogens with zero attached hydrogens (tertiary/aromatic N) is 2. The maximum Gasteiger partial charge on any atom is 0.264 e. The molecule has 1 atom stereocenters. The number of sulfonamides is 1. The number of hydrogen-bond donors (Lipinski definition) is 1. The van der Waals surface area contributed by atoms with Gasteiger partial charge in [0.05, 0.1) is 17.2 Å². The van der Waals surface area contributed by atoms with E-state index in [-0.39, 0.29) is 28.6 Å². The molecule has 11 heteroatoms. The lowest BCUT2D eigenvalue weighted by atomic mass is 10.1. The summed E-state index contributed by atoms with van der Waals surface area (Å²) in [5.41, 5.74) is 0.198. The highest BCUT2D eigenvalue weighted by atomic mass is 32.2. The Hall–Kier alpha value is -3.99. The number of nitrogens with one attached hydrogen (secondary N) is 1. The first-order valence-electron chi connectivity index (χ1n) is 13.3. The molecule has 3 aromatic carbocycles. The molecule has 0 bridgehead atoms. The van der Waals surface area contributed by atoms with E-state index in [9.17, 15) is 26.8 Å². The molecule has 220 valence electrons. The van der Waals surface area contributed by atoms with Crippen LogP contribution in [0, 0.1) is 17.6 Å². The molecule has 0 spiro atoms. The van der Waals surface area contributed by atoms with Gasteiger partial charge in [0.25, 0.3) is 10.0 Å². The minimum absolute atomic E-state index is 0.0383. The molecule has 8 nitrogen and oxygen atoms in total. The predicted octanol–water partition coefficient (Wildman–Crippen LogP) is 4.75. The first-order chi connectivity index (χ1) is 19.4. The van der Waals surface area contributed by atoms with Crippen molar-refractivity contribution in [2.24, 2.45) is 5.92 Å². The van der Waals surface area contributed by atoms with Crippen molar-refractivity contribution in [3.63, 3.8) is 0 Å². The summed E-state index contributed by atoms with van der Waals surface area (Å²) in [5, 5.41) is 2.77. The topological polar surface area (TPSA) is 96.0 Å². The van der Waals surface area contributed by atoms with E-state index in [0.717, 1.165) is 21.3 Å². The van der Waals surface area contributed by atoms with Gasteiger partial charge in [-0.25, -0.2) is 17.2 Å². The van der Waals surface area contributed by atoms with Gasteiger partial charge >= 0.3 is 0 Å². The second-order valence-corrected chi connectivity index (χ2v) is 11.7. The molecule has 3 aromatic rings. The van der Waals surface area contributed by atoms with Crippen molar-refractivity contribution < 1.29 is 31.5 Å². The van der Waals surface area contributed by atoms with E-state index in [1.54, 1.807) is 13.0 Å². The fraction of sp³-hybridized carbons (Fsp3) is 0.333. The Morgan fingerprint density at radius 1 is 0.927 bits per heavy atom. The van der Waals surface area contributed by atoms with Crippen molar-refractivity contribution in [1.29, 1.82) is 0 Å². The van der Waals surface area contributed by atoms with Crippen molar-refractivity contribution in [1.82, 2.24) is 10.2 Å². The Bertz CT molecular complexity index is 1430. The van der Waals surface area contributed by atoms with Crippen molar-refractivity contribution in [3.05, 3.63) is 90.0 Å². The zero-order chi connectivity index (χ0) is 30.2. The van der Waals surface area contributed by atoms with E-state index in [1.807, 2.05) is 13.8 Å². The van der Waals surface area contributed by atoms with Crippen molar-refractivity contribution in [2.75, 3.05) is 24.0 Å². The van der Waals surface area contributed by atoms with Gasteiger partial charge in [0, 0.05) is 18.7 Å². The molecule has 0 heterocycles. The molecule has 0 aromatic heterocycles. The summed E-state index contributed by atoms with van der Waals surface area (Å²) in [7, 11) is -4.34. The van der Waals surface area contributed by atoms with Crippen LogP contribution in [-0.2, 0) is 26.2 Å². The predicted molar refractivity (Wildman–Crippen MR) is 153 cm³/mol. The molecule has 0 saturated heterocycles. The second-order valence-electron chi connectivity index (χ2n) is 9.82. The number of anilines is 1. The molecule has 0 aliphatic heterocycles. The maximum absolute atomic E-state index is 14.6. The minimum Gasteiger partial charge on any atom is -0.494 e. The summed E-state index contributed by atoms with van der Waals surface area (Å²) in [5.74, 6) is -1.76. The highest BCUT2D eigenvalue weighted by molar-refractivity contribution is 7.92. The fourth-order valence-electron chi connectivity index (χ4n) is 3.98. The van der Waals surface area contributed by atoms with Crippen LogP contribution < -0.4 is 14.4 Å². The van der Waals surface area contributed by atoms with Crippen LogP contribution in [0.2, 0.25) is 0 Å². The summed E-state index contributed by atoms with van der Waals surface area (Å²) in [6, 6.07) is 15.1. The molecule has 2 amide bonds. The van der Waals surface area contributed by atoms with Gasteiger partial charge in [-0.15, -0.1) is 0 Å². The highest BCUT2D eigenvalue weighted by Crippen LogP contribution is 2.26. The fourth-order valence-corrected chi connectivity index (χ4v) is 5.40. The molecule has 0 saturated carbocycles. The van der Waals surface area contributed by atoms with Gasteiger partial charge in [-0.2, -0.15) is 0 Å². The standard InChI is InChI=1S/C30H35F2N3O5S/c1-5-40-26-14-16-27(17-15-26)41(38,39)35(25-12-10-24(31)11-13-25)20-29(36)34(19-23-8-6-7-9-28(23)32)22(4)30(37)33-18-21(2)3/h6-17,21-22H,5,18-20H2,1-4H3,(H,33,37). The van der Waals surface area contributed by atoms with Crippen LogP contribution in [0.15, 0.2) is 77.7 Å². The quantitative estimate of drug-likeness (QED) is 0.312. The summed E-state index contributed by atoms with van der Waals surface area (Å²) in [6.45, 7) is 6.88. The van der Waals surface area contributed by atoms with Gasteiger partial charge in [-0.1, -0.05) is 32.0 Å². The van der Waals surface area contributed by atoms with E-state index in [2.05, 4.69) is 5.32 Å². The number of ether oxygens (including phenoxy) is 1. The van der Waals surface area contributed by atoms with Crippen molar-refractivity contribution >= 4 is 27.5 Å². The van der Waals surface area contributed by atoms with Crippen LogP contribution in [0.1, 0.15) is 33.3 Å². The van der Waals surface area contributed by atoms with E-state index < -0.39 is 46.1 Å². The van der Waals surface area contributed by atoms with Gasteiger partial charge in [0.15, 0.2) is 0 Å². The van der Waals surface area contributed by atoms with Crippen LogP contribution in [0.4, 0.5) is 14.5 Å². The zero-order valence-electron chi connectivity index (χ0n) is 23.5. The first kappa shape index (κ1) is 31.5. The zero-order valence-corrected chi connectivity index (χ0v) is 24.3. The van der Waals surface area contributed by atoms with Crippen LogP contribution in [0.3, 0.4) is 0 Å². The largest absolute Gasteiger partial charge is 0.494 e. The number of hydrogen-bond acceptors (Lipinski definition) is 5. The normalized spacial score (nSPS) is 12.1. The maximum atomic E-state index is 14.6. The van der Waals surface area contributed by atoms with Crippen molar-refractivity contribution in [3.8, 4) is 5.75 Å². The number of carbonyl (C=O) groups is 2. The third-order valence-corrected chi connectivity index (χ3v) is 8.05. The first-order valence-corrected chi connectivity index (χ1v) is 14.7. The summed E-state index contributed by atoms with van der Waals surface area (Å²) in [6.07, 6.45) is 0.